The molecular weight excluding hydrogens is 178 g/mol. The minimum atomic E-state index is -0.735. The summed E-state index contributed by atoms with van der Waals surface area (Å²) in [5.41, 5.74) is 0. The minimum absolute atomic E-state index is 0.360. The Morgan fingerprint density at radius 1 is 1.29 bits per heavy atom. The molecule has 14 heavy (non-hydrogen) atoms. The van der Waals surface area contributed by atoms with Gasteiger partial charge < -0.3 is 5.11 Å². The Labute approximate surface area is 87.1 Å². The molecule has 3 heteroatoms. The van der Waals surface area contributed by atoms with Crippen molar-refractivity contribution in [3.63, 3.8) is 0 Å². The maximum atomic E-state index is 10.6. The van der Waals surface area contributed by atoms with E-state index in [0.29, 0.717) is 0 Å². The van der Waals surface area contributed by atoms with E-state index in [4.69, 9.17) is 5.11 Å². The summed E-state index contributed by atoms with van der Waals surface area (Å²) in [4.78, 5) is 12.5. The van der Waals surface area contributed by atoms with Crippen molar-refractivity contribution in [1.82, 2.24) is 4.90 Å². The fourth-order valence-electron chi connectivity index (χ4n) is 1.35. The maximum absolute atomic E-state index is 10.6. The standard InChI is InChI=1S/C11H23NO2/c1-4-5-6-7-8-9-12(3)10(2)11(13)14/h10H,4-9H2,1-3H3,(H,13,14). The molecule has 0 aromatic carbocycles. The van der Waals surface area contributed by atoms with Crippen molar-refractivity contribution in [3.8, 4) is 0 Å². The van der Waals surface area contributed by atoms with Gasteiger partial charge in [0.2, 0.25) is 0 Å². The number of nitrogens with zero attached hydrogens (tertiary/aromatic N) is 1. The molecule has 0 spiro atoms. The number of unbranched alkanes of at least 4 members (excludes halogenated alkanes) is 4. The molecule has 0 radical (unpaired) electrons. The number of rotatable bonds is 8. The van der Waals surface area contributed by atoms with Gasteiger partial charge in [0.25, 0.3) is 0 Å². The molecule has 0 aromatic rings. The van der Waals surface area contributed by atoms with Crippen molar-refractivity contribution in [2.75, 3.05) is 13.6 Å². The number of likely N-dealkylation sites (N-methyl/N-ethyl adjacent to an activating group) is 1. The zero-order chi connectivity index (χ0) is 11.0. The number of carbonyl (C=O) groups is 1. The van der Waals surface area contributed by atoms with E-state index >= 15 is 0 Å². The molecule has 0 aliphatic carbocycles. The van der Waals surface area contributed by atoms with Crippen molar-refractivity contribution in [3.05, 3.63) is 0 Å². The largest absolute Gasteiger partial charge is 0.480 e. The molecule has 0 aliphatic heterocycles. The lowest BCUT2D eigenvalue weighted by Gasteiger charge is -2.20. The Kier molecular flexibility index (Phi) is 7.48. The topological polar surface area (TPSA) is 40.5 Å². The molecule has 0 fully saturated rings. The Balaban J connectivity index is 3.43. The first-order chi connectivity index (χ1) is 6.59. The molecule has 0 aromatic heterocycles. The zero-order valence-corrected chi connectivity index (χ0v) is 9.62. The van der Waals surface area contributed by atoms with Crippen molar-refractivity contribution >= 4 is 5.97 Å². The monoisotopic (exact) mass is 201 g/mol. The molecule has 0 saturated heterocycles. The summed E-state index contributed by atoms with van der Waals surface area (Å²) in [6.07, 6.45) is 6.13. The lowest BCUT2D eigenvalue weighted by molar-refractivity contribution is -0.142. The van der Waals surface area contributed by atoms with Gasteiger partial charge in [-0.1, -0.05) is 32.6 Å². The highest BCUT2D eigenvalue weighted by atomic mass is 16.4. The van der Waals surface area contributed by atoms with Crippen molar-refractivity contribution < 1.29 is 9.90 Å². The Morgan fingerprint density at radius 2 is 1.86 bits per heavy atom. The summed E-state index contributed by atoms with van der Waals surface area (Å²) >= 11 is 0. The summed E-state index contributed by atoms with van der Waals surface area (Å²) in [7, 11) is 1.87. The molecule has 1 atom stereocenters. The SMILES string of the molecule is CCCCCCCN(C)C(C)C(=O)O. The van der Waals surface area contributed by atoms with Gasteiger partial charge >= 0.3 is 5.97 Å². The molecular formula is C11H23NO2. The van der Waals surface area contributed by atoms with Gasteiger partial charge in [0.15, 0.2) is 0 Å². The van der Waals surface area contributed by atoms with E-state index in [1.54, 1.807) is 6.92 Å². The van der Waals surface area contributed by atoms with Gasteiger partial charge in [-0.15, -0.1) is 0 Å². The second kappa shape index (κ2) is 7.80. The van der Waals surface area contributed by atoms with E-state index in [0.717, 1.165) is 13.0 Å². The lowest BCUT2D eigenvalue weighted by Crippen LogP contribution is -2.36. The first kappa shape index (κ1) is 13.4. The summed E-state index contributed by atoms with van der Waals surface area (Å²) in [5.74, 6) is -0.735. The highest BCUT2D eigenvalue weighted by Gasteiger charge is 2.15. The number of hydrogen-bond acceptors (Lipinski definition) is 2. The molecule has 0 amide bonds. The summed E-state index contributed by atoms with van der Waals surface area (Å²) in [6, 6.07) is -0.360. The van der Waals surface area contributed by atoms with Gasteiger partial charge in [-0.25, -0.2) is 0 Å². The Bertz CT molecular complexity index is 159. The van der Waals surface area contributed by atoms with Crippen LogP contribution in [0.1, 0.15) is 46.0 Å². The highest BCUT2D eigenvalue weighted by molar-refractivity contribution is 5.72. The fraction of sp³-hybridized carbons (Fsp3) is 0.909. The minimum Gasteiger partial charge on any atom is -0.480 e. The molecule has 1 N–H and O–H groups in total. The molecule has 0 heterocycles. The van der Waals surface area contributed by atoms with Crippen molar-refractivity contribution in [1.29, 1.82) is 0 Å². The van der Waals surface area contributed by atoms with Crippen LogP contribution in [0.15, 0.2) is 0 Å². The molecule has 0 aliphatic rings. The van der Waals surface area contributed by atoms with Crippen LogP contribution < -0.4 is 0 Å². The van der Waals surface area contributed by atoms with E-state index in [-0.39, 0.29) is 6.04 Å². The van der Waals surface area contributed by atoms with Crippen LogP contribution >= 0.6 is 0 Å². The quantitative estimate of drug-likeness (QED) is 0.613. The van der Waals surface area contributed by atoms with Crippen LogP contribution in [-0.4, -0.2) is 35.6 Å². The first-order valence-corrected chi connectivity index (χ1v) is 5.52. The summed E-state index contributed by atoms with van der Waals surface area (Å²) < 4.78 is 0. The van der Waals surface area contributed by atoms with Crippen LogP contribution in [0, 0.1) is 0 Å². The van der Waals surface area contributed by atoms with E-state index in [1.807, 2.05) is 11.9 Å². The number of aliphatic carboxylic acids is 1. The van der Waals surface area contributed by atoms with Gasteiger partial charge in [0.1, 0.15) is 6.04 Å². The molecule has 84 valence electrons. The smallest absolute Gasteiger partial charge is 0.320 e. The van der Waals surface area contributed by atoms with Gasteiger partial charge in [-0.3, -0.25) is 9.69 Å². The Hall–Kier alpha value is -0.570. The van der Waals surface area contributed by atoms with E-state index in [2.05, 4.69) is 6.92 Å². The predicted octanol–water partition coefficient (Wildman–Crippen LogP) is 2.36. The van der Waals surface area contributed by atoms with Crippen LogP contribution in [0.25, 0.3) is 0 Å². The van der Waals surface area contributed by atoms with Crippen LogP contribution in [0.5, 0.6) is 0 Å². The number of hydrogen-bond donors (Lipinski definition) is 1. The molecule has 0 rings (SSSR count). The molecule has 0 saturated carbocycles. The molecule has 3 nitrogen and oxygen atoms in total. The van der Waals surface area contributed by atoms with Crippen LogP contribution in [0.3, 0.4) is 0 Å². The van der Waals surface area contributed by atoms with Crippen molar-refractivity contribution in [2.24, 2.45) is 0 Å². The third kappa shape index (κ3) is 5.97. The van der Waals surface area contributed by atoms with E-state index in [9.17, 15) is 4.79 Å². The van der Waals surface area contributed by atoms with E-state index < -0.39 is 5.97 Å². The van der Waals surface area contributed by atoms with Gasteiger partial charge in [0, 0.05) is 0 Å². The second-order valence-electron chi connectivity index (χ2n) is 3.91. The average Bonchev–Trinajstić information content (AvgIpc) is 2.16. The van der Waals surface area contributed by atoms with Crippen LogP contribution in [0.2, 0.25) is 0 Å². The van der Waals surface area contributed by atoms with Gasteiger partial charge in [-0.2, -0.15) is 0 Å². The molecule has 0 bridgehead atoms. The normalized spacial score (nSPS) is 13.1. The van der Waals surface area contributed by atoms with Crippen molar-refractivity contribution in [2.45, 2.75) is 52.0 Å². The van der Waals surface area contributed by atoms with Gasteiger partial charge in [0.05, 0.1) is 0 Å². The summed E-state index contributed by atoms with van der Waals surface area (Å²) in [5, 5.41) is 8.75. The second-order valence-corrected chi connectivity index (χ2v) is 3.91. The average molecular weight is 201 g/mol. The highest BCUT2D eigenvalue weighted by Crippen LogP contribution is 2.04. The van der Waals surface area contributed by atoms with Crippen LogP contribution in [-0.2, 0) is 4.79 Å². The fourth-order valence-corrected chi connectivity index (χ4v) is 1.35. The third-order valence-electron chi connectivity index (χ3n) is 2.63. The summed E-state index contributed by atoms with van der Waals surface area (Å²) in [6.45, 7) is 4.81. The maximum Gasteiger partial charge on any atom is 0.320 e. The van der Waals surface area contributed by atoms with Crippen LogP contribution in [0.4, 0.5) is 0 Å². The number of carboxylic acids is 1. The number of carboxylic acid groups (broad SMARTS) is 1. The predicted molar refractivity (Wildman–Crippen MR) is 58.5 cm³/mol. The zero-order valence-electron chi connectivity index (χ0n) is 9.62. The first-order valence-electron chi connectivity index (χ1n) is 5.52. The lowest BCUT2D eigenvalue weighted by atomic mass is 10.1. The Morgan fingerprint density at radius 3 is 2.36 bits per heavy atom. The van der Waals surface area contributed by atoms with Gasteiger partial charge in [-0.05, 0) is 26.9 Å². The molecule has 1 unspecified atom stereocenters. The van der Waals surface area contributed by atoms with E-state index in [1.165, 1.54) is 25.7 Å². The third-order valence-corrected chi connectivity index (χ3v) is 2.63.